The predicted molar refractivity (Wildman–Crippen MR) is 43.4 cm³/mol. The van der Waals surface area contributed by atoms with Crippen LogP contribution in [-0.2, 0) is 0 Å². The van der Waals surface area contributed by atoms with Gasteiger partial charge in [0, 0.05) is 17.7 Å². The van der Waals surface area contributed by atoms with Gasteiger partial charge >= 0.3 is 0 Å². The lowest BCUT2D eigenvalue weighted by Crippen LogP contribution is -2.26. The quantitative estimate of drug-likeness (QED) is 0.476. The Hall–Kier alpha value is -0.510. The Morgan fingerprint density at radius 1 is 1.78 bits per heavy atom. The Morgan fingerprint density at radius 3 is 2.67 bits per heavy atom. The summed E-state index contributed by atoms with van der Waals surface area (Å²) in [6, 6.07) is 0. The van der Waals surface area contributed by atoms with Gasteiger partial charge in [-0.1, -0.05) is 15.9 Å². The third-order valence-electron chi connectivity index (χ3n) is 0.660. The van der Waals surface area contributed by atoms with Crippen LogP contribution in [0, 0.1) is 0 Å². The first-order valence-corrected chi connectivity index (χ1v) is 3.27. The fraction of sp³-hybridized carbons (Fsp3) is 0.400. The zero-order valence-corrected chi connectivity index (χ0v) is 7.07. The van der Waals surface area contributed by atoms with Crippen molar-refractivity contribution in [2.75, 3.05) is 7.05 Å². The first-order valence-electron chi connectivity index (χ1n) is 2.48. The molecule has 0 aliphatic heterocycles. The molecule has 0 rings (SSSR count). The molecule has 0 saturated heterocycles. The summed E-state index contributed by atoms with van der Waals surface area (Å²) in [7, 11) is 1.62. The number of nitrogens with two attached hydrogens (primary N) is 1. The SMILES string of the molecule is CN=C(N)N/C=C(\C)Br. The minimum absolute atomic E-state index is 0.411. The van der Waals surface area contributed by atoms with E-state index < -0.39 is 0 Å². The van der Waals surface area contributed by atoms with Gasteiger partial charge in [0.25, 0.3) is 0 Å². The van der Waals surface area contributed by atoms with Gasteiger partial charge < -0.3 is 11.1 Å². The zero-order chi connectivity index (χ0) is 7.28. The van der Waals surface area contributed by atoms with Crippen molar-refractivity contribution in [1.82, 2.24) is 5.32 Å². The molecule has 0 spiro atoms. The lowest BCUT2D eigenvalue weighted by Gasteiger charge is -1.95. The fourth-order valence-corrected chi connectivity index (χ4v) is 0.352. The van der Waals surface area contributed by atoms with Crippen molar-refractivity contribution in [2.45, 2.75) is 6.92 Å². The summed E-state index contributed by atoms with van der Waals surface area (Å²) in [6.45, 7) is 1.90. The maximum absolute atomic E-state index is 5.29. The van der Waals surface area contributed by atoms with E-state index in [1.54, 1.807) is 13.2 Å². The van der Waals surface area contributed by atoms with Crippen LogP contribution in [0.4, 0.5) is 0 Å². The standard InChI is InChI=1S/C5H10BrN3/c1-4(6)3-9-5(7)8-2/h3H,1-2H3,(H3,7,8,9)/b4-3+. The van der Waals surface area contributed by atoms with E-state index in [2.05, 4.69) is 26.2 Å². The molecule has 0 aromatic heterocycles. The number of hydrogen-bond donors (Lipinski definition) is 2. The Bertz CT molecular complexity index is 135. The molecule has 0 aliphatic carbocycles. The number of aliphatic imine (C=N–C) groups is 1. The summed E-state index contributed by atoms with van der Waals surface area (Å²) >= 11 is 3.22. The fourth-order valence-electron chi connectivity index (χ4n) is 0.238. The van der Waals surface area contributed by atoms with Crippen LogP contribution in [0.15, 0.2) is 15.7 Å². The van der Waals surface area contributed by atoms with Crippen LogP contribution < -0.4 is 11.1 Å². The van der Waals surface area contributed by atoms with Gasteiger partial charge in [-0.3, -0.25) is 4.99 Å². The number of guanidine groups is 1. The lowest BCUT2D eigenvalue weighted by atomic mass is 10.7. The summed E-state index contributed by atoms with van der Waals surface area (Å²) in [6.07, 6.45) is 1.72. The number of halogens is 1. The normalized spacial score (nSPS) is 13.7. The van der Waals surface area contributed by atoms with Gasteiger partial charge in [-0.25, -0.2) is 0 Å². The molecule has 3 N–H and O–H groups in total. The van der Waals surface area contributed by atoms with Gasteiger partial charge in [0.05, 0.1) is 0 Å². The number of nitrogens with zero attached hydrogens (tertiary/aromatic N) is 1. The highest BCUT2D eigenvalue weighted by molar-refractivity contribution is 9.11. The van der Waals surface area contributed by atoms with Crippen molar-refractivity contribution >= 4 is 21.9 Å². The molecule has 0 amide bonds. The Kier molecular flexibility index (Phi) is 4.13. The van der Waals surface area contributed by atoms with Crippen molar-refractivity contribution in [3.05, 3.63) is 10.7 Å². The Balaban J connectivity index is 3.64. The summed E-state index contributed by atoms with van der Waals surface area (Å²) in [5.41, 5.74) is 5.29. The topological polar surface area (TPSA) is 50.4 Å². The van der Waals surface area contributed by atoms with E-state index in [9.17, 15) is 0 Å². The molecular formula is C5H10BrN3. The molecule has 0 heterocycles. The maximum Gasteiger partial charge on any atom is 0.192 e. The number of hydrogen-bond acceptors (Lipinski definition) is 1. The summed E-state index contributed by atoms with van der Waals surface area (Å²) in [5.74, 6) is 0.411. The monoisotopic (exact) mass is 191 g/mol. The van der Waals surface area contributed by atoms with Gasteiger partial charge in [0.15, 0.2) is 5.96 Å². The first kappa shape index (κ1) is 8.49. The summed E-state index contributed by atoms with van der Waals surface area (Å²) in [5, 5.41) is 2.75. The molecule has 0 radical (unpaired) electrons. The van der Waals surface area contributed by atoms with Crippen LogP contribution in [0.25, 0.3) is 0 Å². The van der Waals surface area contributed by atoms with Crippen molar-refractivity contribution in [3.8, 4) is 0 Å². The van der Waals surface area contributed by atoms with Gasteiger partial charge in [-0.15, -0.1) is 0 Å². The molecule has 0 bridgehead atoms. The van der Waals surface area contributed by atoms with Crippen molar-refractivity contribution in [2.24, 2.45) is 10.7 Å². The molecule has 0 aromatic carbocycles. The molecule has 0 atom stereocenters. The van der Waals surface area contributed by atoms with Crippen molar-refractivity contribution in [3.63, 3.8) is 0 Å². The van der Waals surface area contributed by atoms with Gasteiger partial charge in [-0.05, 0) is 6.92 Å². The third-order valence-corrected chi connectivity index (χ3v) is 0.889. The van der Waals surface area contributed by atoms with Crippen LogP contribution in [0.5, 0.6) is 0 Å². The van der Waals surface area contributed by atoms with Crippen LogP contribution in [0.1, 0.15) is 6.92 Å². The number of allylic oxidation sites excluding steroid dienone is 1. The molecule has 3 nitrogen and oxygen atoms in total. The van der Waals surface area contributed by atoms with Crippen LogP contribution >= 0.6 is 15.9 Å². The average molecular weight is 192 g/mol. The van der Waals surface area contributed by atoms with E-state index in [4.69, 9.17) is 5.73 Å². The Labute approximate surface area is 63.2 Å². The third kappa shape index (κ3) is 5.36. The highest BCUT2D eigenvalue weighted by Crippen LogP contribution is 1.97. The van der Waals surface area contributed by atoms with E-state index in [0.717, 1.165) is 4.48 Å². The summed E-state index contributed by atoms with van der Waals surface area (Å²) < 4.78 is 0.981. The average Bonchev–Trinajstić information content (AvgIpc) is 1.83. The Morgan fingerprint density at radius 2 is 2.33 bits per heavy atom. The van der Waals surface area contributed by atoms with E-state index in [1.165, 1.54) is 0 Å². The largest absolute Gasteiger partial charge is 0.370 e. The zero-order valence-electron chi connectivity index (χ0n) is 5.48. The first-order chi connectivity index (χ1) is 4.16. The molecule has 9 heavy (non-hydrogen) atoms. The second kappa shape index (κ2) is 4.38. The van der Waals surface area contributed by atoms with E-state index in [0.29, 0.717) is 5.96 Å². The summed E-state index contributed by atoms with van der Waals surface area (Å²) in [4.78, 5) is 3.68. The van der Waals surface area contributed by atoms with Gasteiger partial charge in [0.2, 0.25) is 0 Å². The highest BCUT2D eigenvalue weighted by Gasteiger charge is 1.81. The minimum atomic E-state index is 0.411. The molecule has 0 fully saturated rings. The van der Waals surface area contributed by atoms with E-state index in [1.807, 2.05) is 6.92 Å². The maximum atomic E-state index is 5.29. The minimum Gasteiger partial charge on any atom is -0.370 e. The predicted octanol–water partition coefficient (Wildman–Crippen LogP) is 0.777. The van der Waals surface area contributed by atoms with E-state index in [-0.39, 0.29) is 0 Å². The van der Waals surface area contributed by atoms with Crippen LogP contribution in [0.3, 0.4) is 0 Å². The molecule has 0 aliphatic rings. The smallest absolute Gasteiger partial charge is 0.192 e. The van der Waals surface area contributed by atoms with Crippen LogP contribution in [-0.4, -0.2) is 13.0 Å². The lowest BCUT2D eigenvalue weighted by molar-refractivity contribution is 1.19. The van der Waals surface area contributed by atoms with Crippen molar-refractivity contribution < 1.29 is 0 Å². The molecular weight excluding hydrogens is 182 g/mol. The van der Waals surface area contributed by atoms with Gasteiger partial charge in [0.1, 0.15) is 0 Å². The molecule has 0 saturated carbocycles. The van der Waals surface area contributed by atoms with Crippen molar-refractivity contribution in [1.29, 1.82) is 0 Å². The molecule has 4 heteroatoms. The molecule has 0 unspecified atom stereocenters. The molecule has 52 valence electrons. The van der Waals surface area contributed by atoms with E-state index >= 15 is 0 Å². The molecule has 0 aromatic rings. The highest BCUT2D eigenvalue weighted by atomic mass is 79.9. The number of nitrogens with one attached hydrogen (secondary N) is 1. The second-order valence-electron chi connectivity index (χ2n) is 1.48. The number of rotatable bonds is 1. The second-order valence-corrected chi connectivity index (χ2v) is 2.74. The van der Waals surface area contributed by atoms with Crippen LogP contribution in [0.2, 0.25) is 0 Å². The van der Waals surface area contributed by atoms with Gasteiger partial charge in [-0.2, -0.15) is 0 Å².